The first-order valence-corrected chi connectivity index (χ1v) is 9.70. The van der Waals surface area contributed by atoms with Crippen molar-refractivity contribution >= 4 is 16.6 Å². The zero-order valence-electron chi connectivity index (χ0n) is 15.3. The average molecular weight is 343 g/mol. The van der Waals surface area contributed by atoms with Gasteiger partial charge in [-0.2, -0.15) is 0 Å². The fourth-order valence-electron chi connectivity index (χ4n) is 4.45. The Labute approximate surface area is 155 Å². The molecule has 2 aromatic carbocycles. The van der Waals surface area contributed by atoms with Gasteiger partial charge in [0.2, 0.25) is 0 Å². The van der Waals surface area contributed by atoms with E-state index in [9.17, 15) is 0 Å². The Morgan fingerprint density at radius 3 is 2.46 bits per heavy atom. The molecule has 132 valence electrons. The van der Waals surface area contributed by atoms with Crippen molar-refractivity contribution in [3.8, 4) is 0 Å². The van der Waals surface area contributed by atoms with Crippen LogP contribution in [0.3, 0.4) is 0 Å². The number of nitrogens with zero attached hydrogens (tertiary/aromatic N) is 3. The molecule has 3 heteroatoms. The number of fused-ring (bicyclic) bond motifs is 1. The predicted molar refractivity (Wildman–Crippen MR) is 108 cm³/mol. The summed E-state index contributed by atoms with van der Waals surface area (Å²) in [5.41, 5.74) is 5.04. The first-order chi connectivity index (χ1) is 12.8. The van der Waals surface area contributed by atoms with Crippen molar-refractivity contribution in [1.29, 1.82) is 0 Å². The minimum atomic E-state index is 0.743. The van der Waals surface area contributed by atoms with E-state index in [1.807, 2.05) is 0 Å². The molecule has 2 heterocycles. The van der Waals surface area contributed by atoms with E-state index < -0.39 is 0 Å². The van der Waals surface area contributed by atoms with Crippen molar-refractivity contribution in [3.63, 3.8) is 0 Å². The highest BCUT2D eigenvalue weighted by Gasteiger charge is 2.43. The highest BCUT2D eigenvalue weighted by molar-refractivity contribution is 5.92. The number of rotatable bonds is 3. The van der Waals surface area contributed by atoms with E-state index in [4.69, 9.17) is 4.98 Å². The number of piperazine rings is 1. The van der Waals surface area contributed by atoms with Gasteiger partial charge in [0.25, 0.3) is 0 Å². The second-order valence-electron chi connectivity index (χ2n) is 7.64. The number of aryl methyl sites for hydroxylation is 1. The number of benzene rings is 2. The van der Waals surface area contributed by atoms with Gasteiger partial charge in [0, 0.05) is 54.9 Å². The molecular weight excluding hydrogens is 318 g/mol. The molecule has 0 bridgehead atoms. The number of hydrogen-bond donors (Lipinski definition) is 0. The van der Waals surface area contributed by atoms with Crippen molar-refractivity contribution < 1.29 is 0 Å². The predicted octanol–water partition coefficient (Wildman–Crippen LogP) is 4.22. The van der Waals surface area contributed by atoms with Crippen LogP contribution in [-0.2, 0) is 0 Å². The van der Waals surface area contributed by atoms with Gasteiger partial charge >= 0.3 is 0 Å². The Hall–Kier alpha value is -2.39. The van der Waals surface area contributed by atoms with E-state index in [2.05, 4.69) is 77.4 Å². The SMILES string of the molecule is Cc1ccc2c(N3CCN([C@H]4C[C@@H]4c4ccccc4)CC3)cccc2n1. The Balaban J connectivity index is 1.28. The molecule has 1 aliphatic heterocycles. The molecule has 2 atom stereocenters. The quantitative estimate of drug-likeness (QED) is 0.710. The molecule has 1 aliphatic carbocycles. The van der Waals surface area contributed by atoms with Crippen LogP contribution < -0.4 is 4.90 Å². The summed E-state index contributed by atoms with van der Waals surface area (Å²) in [6.07, 6.45) is 1.32. The second-order valence-corrected chi connectivity index (χ2v) is 7.64. The monoisotopic (exact) mass is 343 g/mol. The second kappa shape index (κ2) is 6.40. The van der Waals surface area contributed by atoms with Gasteiger partial charge in [-0.25, -0.2) is 0 Å². The maximum absolute atomic E-state index is 4.69. The van der Waals surface area contributed by atoms with Crippen LogP contribution in [0.25, 0.3) is 10.9 Å². The van der Waals surface area contributed by atoms with Gasteiger partial charge in [-0.3, -0.25) is 9.88 Å². The molecule has 3 aromatic rings. The fourth-order valence-corrected chi connectivity index (χ4v) is 4.45. The van der Waals surface area contributed by atoms with Gasteiger partial charge in [0.1, 0.15) is 0 Å². The van der Waals surface area contributed by atoms with E-state index in [1.54, 1.807) is 0 Å². The highest BCUT2D eigenvalue weighted by Crippen LogP contribution is 2.45. The molecule has 1 saturated heterocycles. The van der Waals surface area contributed by atoms with E-state index in [0.29, 0.717) is 0 Å². The van der Waals surface area contributed by atoms with Crippen LogP contribution in [0.5, 0.6) is 0 Å². The first-order valence-electron chi connectivity index (χ1n) is 9.70. The van der Waals surface area contributed by atoms with Crippen LogP contribution >= 0.6 is 0 Å². The third kappa shape index (κ3) is 2.86. The molecule has 0 amide bonds. The van der Waals surface area contributed by atoms with Crippen LogP contribution in [0.4, 0.5) is 5.69 Å². The lowest BCUT2D eigenvalue weighted by atomic mass is 10.1. The molecule has 2 fully saturated rings. The van der Waals surface area contributed by atoms with Crippen LogP contribution in [0.2, 0.25) is 0 Å². The summed E-state index contributed by atoms with van der Waals surface area (Å²) in [4.78, 5) is 9.92. The summed E-state index contributed by atoms with van der Waals surface area (Å²) in [5.74, 6) is 0.743. The van der Waals surface area contributed by atoms with Gasteiger partial charge in [0.05, 0.1) is 5.52 Å². The lowest BCUT2D eigenvalue weighted by molar-refractivity contribution is 0.244. The number of aromatic nitrogens is 1. The number of hydrogen-bond acceptors (Lipinski definition) is 3. The average Bonchev–Trinajstić information content (AvgIpc) is 3.49. The Bertz CT molecular complexity index is 913. The summed E-state index contributed by atoms with van der Waals surface area (Å²) in [6, 6.07) is 22.6. The zero-order chi connectivity index (χ0) is 17.5. The summed E-state index contributed by atoms with van der Waals surface area (Å²) in [7, 11) is 0. The zero-order valence-corrected chi connectivity index (χ0v) is 15.3. The molecule has 0 N–H and O–H groups in total. The molecule has 26 heavy (non-hydrogen) atoms. The molecular formula is C23H25N3. The molecule has 3 nitrogen and oxygen atoms in total. The Kier molecular flexibility index (Phi) is 3.90. The lowest BCUT2D eigenvalue weighted by Crippen LogP contribution is -2.47. The largest absolute Gasteiger partial charge is 0.368 e. The summed E-state index contributed by atoms with van der Waals surface area (Å²) in [5, 5.41) is 1.28. The van der Waals surface area contributed by atoms with Gasteiger partial charge in [-0.1, -0.05) is 36.4 Å². The van der Waals surface area contributed by atoms with Crippen LogP contribution in [-0.4, -0.2) is 42.1 Å². The van der Waals surface area contributed by atoms with Crippen molar-refractivity contribution in [3.05, 3.63) is 71.9 Å². The third-order valence-corrected chi connectivity index (χ3v) is 5.96. The number of pyridine rings is 1. The van der Waals surface area contributed by atoms with Gasteiger partial charge < -0.3 is 4.90 Å². The Morgan fingerprint density at radius 1 is 0.846 bits per heavy atom. The van der Waals surface area contributed by atoms with Crippen molar-refractivity contribution in [2.45, 2.75) is 25.3 Å². The molecule has 0 spiro atoms. The standard InChI is InChI=1S/C23H25N3/c1-17-10-11-19-21(24-17)8-5-9-22(19)25-12-14-26(15-13-25)23-16-20(23)18-6-3-2-4-7-18/h2-11,20,23H,12-16H2,1H3/t20-,23+/m1/s1. The molecule has 0 radical (unpaired) electrons. The summed E-state index contributed by atoms with van der Waals surface area (Å²) in [6.45, 7) is 6.58. The fraction of sp³-hybridized carbons (Fsp3) is 0.348. The van der Waals surface area contributed by atoms with E-state index in [-0.39, 0.29) is 0 Å². The topological polar surface area (TPSA) is 19.4 Å². The maximum Gasteiger partial charge on any atom is 0.0726 e. The van der Waals surface area contributed by atoms with E-state index in [0.717, 1.165) is 49.3 Å². The number of anilines is 1. The minimum Gasteiger partial charge on any atom is -0.368 e. The highest BCUT2D eigenvalue weighted by atomic mass is 15.3. The van der Waals surface area contributed by atoms with Crippen LogP contribution in [0.15, 0.2) is 60.7 Å². The normalized spacial score (nSPS) is 23.3. The molecule has 2 aliphatic rings. The summed E-state index contributed by atoms with van der Waals surface area (Å²) >= 11 is 0. The van der Waals surface area contributed by atoms with Gasteiger partial charge in [-0.05, 0) is 43.2 Å². The van der Waals surface area contributed by atoms with Crippen LogP contribution in [0.1, 0.15) is 23.6 Å². The van der Waals surface area contributed by atoms with Crippen molar-refractivity contribution in [1.82, 2.24) is 9.88 Å². The van der Waals surface area contributed by atoms with E-state index in [1.165, 1.54) is 23.1 Å². The maximum atomic E-state index is 4.69. The third-order valence-electron chi connectivity index (χ3n) is 5.96. The molecule has 1 saturated carbocycles. The van der Waals surface area contributed by atoms with Crippen molar-refractivity contribution in [2.75, 3.05) is 31.1 Å². The van der Waals surface area contributed by atoms with Crippen molar-refractivity contribution in [2.24, 2.45) is 0 Å². The first kappa shape index (κ1) is 15.8. The molecule has 1 aromatic heterocycles. The molecule has 0 unspecified atom stereocenters. The minimum absolute atomic E-state index is 0.743. The Morgan fingerprint density at radius 2 is 1.65 bits per heavy atom. The van der Waals surface area contributed by atoms with E-state index >= 15 is 0 Å². The van der Waals surface area contributed by atoms with Crippen LogP contribution in [0, 0.1) is 6.92 Å². The molecule has 5 rings (SSSR count). The van der Waals surface area contributed by atoms with Gasteiger partial charge in [-0.15, -0.1) is 0 Å². The van der Waals surface area contributed by atoms with Gasteiger partial charge in [0.15, 0.2) is 0 Å². The smallest absolute Gasteiger partial charge is 0.0726 e. The lowest BCUT2D eigenvalue weighted by Gasteiger charge is -2.37. The summed E-state index contributed by atoms with van der Waals surface area (Å²) < 4.78 is 0.